The van der Waals surface area contributed by atoms with E-state index in [2.05, 4.69) is 5.32 Å². The zero-order valence-corrected chi connectivity index (χ0v) is 12.2. The molecular formula is C14H28N2O3. The molecule has 1 saturated carbocycles. The second kappa shape index (κ2) is 8.51. The quantitative estimate of drug-likeness (QED) is 0.693. The van der Waals surface area contributed by atoms with E-state index in [1.807, 2.05) is 0 Å². The lowest BCUT2D eigenvalue weighted by atomic mass is 9.71. The fraction of sp³-hybridized carbons (Fsp3) is 0.929. The van der Waals surface area contributed by atoms with Crippen LogP contribution in [0, 0.1) is 5.41 Å². The van der Waals surface area contributed by atoms with Crippen LogP contribution in [0.15, 0.2) is 0 Å². The molecule has 0 aromatic heterocycles. The largest absolute Gasteiger partial charge is 0.382 e. The van der Waals surface area contributed by atoms with E-state index < -0.39 is 0 Å². The monoisotopic (exact) mass is 272 g/mol. The van der Waals surface area contributed by atoms with E-state index in [4.69, 9.17) is 15.2 Å². The number of carbonyl (C=O) groups excluding carboxylic acids is 1. The van der Waals surface area contributed by atoms with Gasteiger partial charge in [0.25, 0.3) is 0 Å². The molecule has 0 bridgehead atoms. The molecular weight excluding hydrogens is 244 g/mol. The molecule has 0 aromatic carbocycles. The maximum absolute atomic E-state index is 12.0. The van der Waals surface area contributed by atoms with Gasteiger partial charge in [0.2, 0.25) is 5.91 Å². The summed E-state index contributed by atoms with van der Waals surface area (Å²) in [5.74, 6) is 0.0745. The Morgan fingerprint density at radius 1 is 1.32 bits per heavy atom. The molecule has 0 spiro atoms. The standard InChI is InChI=1S/C14H28N2O3/c1-18-10-12(19-2)9-16-13(17)8-14(11-15)6-4-3-5-7-14/h12H,3-11,15H2,1-2H3,(H,16,17). The normalized spacial score (nSPS) is 19.9. The van der Waals surface area contributed by atoms with Crippen molar-refractivity contribution in [2.24, 2.45) is 11.1 Å². The van der Waals surface area contributed by atoms with Gasteiger partial charge in [0, 0.05) is 27.2 Å². The number of nitrogens with one attached hydrogen (secondary N) is 1. The Hall–Kier alpha value is -0.650. The van der Waals surface area contributed by atoms with Gasteiger partial charge in [0.1, 0.15) is 0 Å². The summed E-state index contributed by atoms with van der Waals surface area (Å²) in [6.45, 7) is 1.58. The van der Waals surface area contributed by atoms with Crippen molar-refractivity contribution in [1.82, 2.24) is 5.32 Å². The lowest BCUT2D eigenvalue weighted by Gasteiger charge is -2.35. The first-order valence-electron chi connectivity index (χ1n) is 7.14. The van der Waals surface area contributed by atoms with Crippen molar-refractivity contribution >= 4 is 5.91 Å². The van der Waals surface area contributed by atoms with E-state index in [1.165, 1.54) is 19.3 Å². The summed E-state index contributed by atoms with van der Waals surface area (Å²) >= 11 is 0. The van der Waals surface area contributed by atoms with Crippen molar-refractivity contribution in [3.63, 3.8) is 0 Å². The highest BCUT2D eigenvalue weighted by molar-refractivity contribution is 5.76. The Labute approximate surface area is 116 Å². The Bertz CT molecular complexity index is 265. The zero-order valence-electron chi connectivity index (χ0n) is 12.2. The molecule has 1 unspecified atom stereocenters. The van der Waals surface area contributed by atoms with Crippen LogP contribution in [0.25, 0.3) is 0 Å². The molecule has 0 radical (unpaired) electrons. The summed E-state index contributed by atoms with van der Waals surface area (Å²) in [5, 5.41) is 2.93. The third kappa shape index (κ3) is 5.47. The molecule has 5 heteroatoms. The first-order chi connectivity index (χ1) is 9.15. The van der Waals surface area contributed by atoms with Gasteiger partial charge in [-0.2, -0.15) is 0 Å². The third-order valence-corrected chi connectivity index (χ3v) is 4.10. The SMILES string of the molecule is COCC(CNC(=O)CC1(CN)CCCCC1)OC. The summed E-state index contributed by atoms with van der Waals surface area (Å²) in [6, 6.07) is 0. The van der Waals surface area contributed by atoms with Gasteiger partial charge >= 0.3 is 0 Å². The van der Waals surface area contributed by atoms with Gasteiger partial charge in [0.05, 0.1) is 12.7 Å². The first kappa shape index (κ1) is 16.4. The van der Waals surface area contributed by atoms with Crippen molar-refractivity contribution < 1.29 is 14.3 Å². The van der Waals surface area contributed by atoms with Gasteiger partial charge in [0.15, 0.2) is 0 Å². The molecule has 1 atom stereocenters. The molecule has 1 fully saturated rings. The van der Waals surface area contributed by atoms with Gasteiger partial charge < -0.3 is 20.5 Å². The number of rotatable bonds is 8. The van der Waals surface area contributed by atoms with Crippen LogP contribution in [0.1, 0.15) is 38.5 Å². The number of nitrogens with two attached hydrogens (primary N) is 1. The summed E-state index contributed by atoms with van der Waals surface area (Å²) in [7, 11) is 3.25. The predicted molar refractivity (Wildman–Crippen MR) is 74.9 cm³/mol. The fourth-order valence-corrected chi connectivity index (χ4v) is 2.78. The van der Waals surface area contributed by atoms with Crippen LogP contribution in [0.5, 0.6) is 0 Å². The molecule has 0 saturated heterocycles. The highest BCUT2D eigenvalue weighted by Gasteiger charge is 2.32. The minimum atomic E-state index is -0.0888. The van der Waals surface area contributed by atoms with Crippen molar-refractivity contribution in [3.05, 3.63) is 0 Å². The smallest absolute Gasteiger partial charge is 0.220 e. The highest BCUT2D eigenvalue weighted by atomic mass is 16.5. The average molecular weight is 272 g/mol. The van der Waals surface area contributed by atoms with Gasteiger partial charge in [-0.05, 0) is 24.8 Å². The molecule has 19 heavy (non-hydrogen) atoms. The van der Waals surface area contributed by atoms with E-state index >= 15 is 0 Å². The van der Waals surface area contributed by atoms with Crippen LogP contribution in [0.3, 0.4) is 0 Å². The molecule has 0 aliphatic heterocycles. The minimum Gasteiger partial charge on any atom is -0.382 e. The first-order valence-corrected chi connectivity index (χ1v) is 7.14. The topological polar surface area (TPSA) is 73.6 Å². The molecule has 5 nitrogen and oxygen atoms in total. The number of methoxy groups -OCH3 is 2. The van der Waals surface area contributed by atoms with Gasteiger partial charge in [-0.3, -0.25) is 4.79 Å². The van der Waals surface area contributed by atoms with E-state index in [0.717, 1.165) is 12.8 Å². The molecule has 0 heterocycles. The molecule has 0 aromatic rings. The van der Waals surface area contributed by atoms with Crippen molar-refractivity contribution in [1.29, 1.82) is 0 Å². The van der Waals surface area contributed by atoms with Gasteiger partial charge in [-0.1, -0.05) is 19.3 Å². The van der Waals surface area contributed by atoms with E-state index in [9.17, 15) is 4.79 Å². The Morgan fingerprint density at radius 3 is 2.53 bits per heavy atom. The number of ether oxygens (including phenoxy) is 2. The zero-order chi connectivity index (χ0) is 14.1. The average Bonchev–Trinajstić information content (AvgIpc) is 2.44. The minimum absolute atomic E-state index is 0.0200. The summed E-state index contributed by atoms with van der Waals surface area (Å²) in [6.07, 6.45) is 6.24. The Balaban J connectivity index is 2.36. The van der Waals surface area contributed by atoms with Crippen LogP contribution < -0.4 is 11.1 Å². The van der Waals surface area contributed by atoms with Crippen molar-refractivity contribution in [3.8, 4) is 0 Å². The van der Waals surface area contributed by atoms with Crippen LogP contribution >= 0.6 is 0 Å². The Kier molecular flexibility index (Phi) is 7.34. The van der Waals surface area contributed by atoms with Crippen molar-refractivity contribution in [2.75, 3.05) is 33.9 Å². The number of hydrogen-bond donors (Lipinski definition) is 2. The molecule has 1 aliphatic carbocycles. The molecule has 1 rings (SSSR count). The highest BCUT2D eigenvalue weighted by Crippen LogP contribution is 2.38. The van der Waals surface area contributed by atoms with Crippen LogP contribution in [0.4, 0.5) is 0 Å². The fourth-order valence-electron chi connectivity index (χ4n) is 2.78. The maximum atomic E-state index is 12.0. The summed E-state index contributed by atoms with van der Waals surface area (Å²) in [4.78, 5) is 12.0. The van der Waals surface area contributed by atoms with Crippen molar-refractivity contribution in [2.45, 2.75) is 44.6 Å². The number of carbonyl (C=O) groups is 1. The predicted octanol–water partition coefficient (Wildman–Crippen LogP) is 1.06. The number of hydrogen-bond acceptors (Lipinski definition) is 4. The second-order valence-electron chi connectivity index (χ2n) is 5.56. The van der Waals surface area contributed by atoms with Crippen LogP contribution in [-0.4, -0.2) is 45.9 Å². The van der Waals surface area contributed by atoms with Crippen LogP contribution in [0.2, 0.25) is 0 Å². The molecule has 112 valence electrons. The second-order valence-corrected chi connectivity index (χ2v) is 5.56. The van der Waals surface area contributed by atoms with Gasteiger partial charge in [-0.15, -0.1) is 0 Å². The summed E-state index contributed by atoms with van der Waals surface area (Å²) < 4.78 is 10.2. The van der Waals surface area contributed by atoms with E-state index in [1.54, 1.807) is 14.2 Å². The summed E-state index contributed by atoms with van der Waals surface area (Å²) in [5.41, 5.74) is 5.91. The van der Waals surface area contributed by atoms with E-state index in [0.29, 0.717) is 26.1 Å². The molecule has 1 aliphatic rings. The maximum Gasteiger partial charge on any atom is 0.220 e. The van der Waals surface area contributed by atoms with E-state index in [-0.39, 0.29) is 17.4 Å². The van der Waals surface area contributed by atoms with Crippen LogP contribution in [-0.2, 0) is 14.3 Å². The Morgan fingerprint density at radius 2 is 2.00 bits per heavy atom. The molecule has 3 N–H and O–H groups in total. The van der Waals surface area contributed by atoms with Gasteiger partial charge in [-0.25, -0.2) is 0 Å². The lowest BCUT2D eigenvalue weighted by Crippen LogP contribution is -2.41. The third-order valence-electron chi connectivity index (χ3n) is 4.10. The number of amides is 1. The molecule has 1 amide bonds. The lowest BCUT2D eigenvalue weighted by molar-refractivity contribution is -0.124.